The lowest BCUT2D eigenvalue weighted by atomic mass is 9.94. The van der Waals surface area contributed by atoms with E-state index in [1.54, 1.807) is 12.1 Å². The van der Waals surface area contributed by atoms with E-state index < -0.39 is 0 Å². The first-order valence-electron chi connectivity index (χ1n) is 16.3. The molecule has 0 atom stereocenters. The molecular weight excluding hydrogens is 611 g/mol. The first-order chi connectivity index (χ1) is 24.7. The Kier molecular flexibility index (Phi) is 6.56. The zero-order chi connectivity index (χ0) is 33.8. The predicted molar refractivity (Wildman–Crippen MR) is 200 cm³/mol. The first-order valence-corrected chi connectivity index (χ1v) is 16.3. The summed E-state index contributed by atoms with van der Waals surface area (Å²) in [6.07, 6.45) is 0. The molecule has 0 spiro atoms. The van der Waals surface area contributed by atoms with E-state index in [9.17, 15) is 15.8 Å². The van der Waals surface area contributed by atoms with Crippen LogP contribution in [0, 0.1) is 34.0 Å². The molecule has 0 N–H and O–H groups in total. The van der Waals surface area contributed by atoms with Gasteiger partial charge in [0.05, 0.1) is 62.3 Å². The maximum atomic E-state index is 10.8. The molecule has 9 rings (SSSR count). The van der Waals surface area contributed by atoms with E-state index in [1.165, 1.54) is 10.8 Å². The molecule has 5 nitrogen and oxygen atoms in total. The monoisotopic (exact) mass is 635 g/mol. The van der Waals surface area contributed by atoms with Crippen LogP contribution in [-0.4, -0.2) is 9.13 Å². The number of aromatic nitrogens is 2. The molecular formula is C45H25N5. The number of rotatable bonds is 4. The second kappa shape index (κ2) is 11.4. The SMILES string of the molecule is N#Cc1ccc2c(c1)c1c(C#N)cccc1n2-c1cccc(-c2cccc(-c3ccccc3-n3c4ccccc4c4ccccc43)c2)c1C#N. The van der Waals surface area contributed by atoms with Crippen LogP contribution in [0.2, 0.25) is 0 Å². The van der Waals surface area contributed by atoms with Crippen molar-refractivity contribution in [1.82, 2.24) is 9.13 Å². The van der Waals surface area contributed by atoms with Gasteiger partial charge in [0.2, 0.25) is 0 Å². The summed E-state index contributed by atoms with van der Waals surface area (Å²) in [4.78, 5) is 0. The molecule has 5 heteroatoms. The van der Waals surface area contributed by atoms with Crippen LogP contribution in [0.15, 0.2) is 152 Å². The minimum Gasteiger partial charge on any atom is -0.309 e. The summed E-state index contributed by atoms with van der Waals surface area (Å²) in [6, 6.07) is 57.9. The van der Waals surface area contributed by atoms with Crippen molar-refractivity contribution in [3.8, 4) is 51.8 Å². The highest BCUT2D eigenvalue weighted by molar-refractivity contribution is 6.13. The Morgan fingerprint density at radius 2 is 0.980 bits per heavy atom. The van der Waals surface area contributed by atoms with Crippen LogP contribution in [0.5, 0.6) is 0 Å². The Balaban J connectivity index is 1.25. The number of hydrogen-bond acceptors (Lipinski definition) is 3. The van der Waals surface area contributed by atoms with E-state index in [4.69, 9.17) is 0 Å². The second-order valence-corrected chi connectivity index (χ2v) is 12.3. The maximum absolute atomic E-state index is 10.8. The van der Waals surface area contributed by atoms with Crippen molar-refractivity contribution in [2.45, 2.75) is 0 Å². The van der Waals surface area contributed by atoms with Crippen LogP contribution in [0.4, 0.5) is 0 Å². The molecule has 2 aromatic heterocycles. The number of benzene rings is 7. The van der Waals surface area contributed by atoms with Gasteiger partial charge in [-0.15, -0.1) is 0 Å². The standard InChI is InChI=1S/C45H25N5/c46-26-29-22-23-43-37(24-29)45-32(27-47)12-8-21-44(45)50(43)42-20-9-16-33(38(42)28-48)30-10-7-11-31(25-30)34-13-1-4-17-39(34)49-40-18-5-2-14-35(40)36-15-3-6-19-41(36)49/h1-25H. The third-order valence-electron chi connectivity index (χ3n) is 9.64. The van der Waals surface area contributed by atoms with E-state index in [0.29, 0.717) is 22.4 Å². The molecule has 0 fully saturated rings. The lowest BCUT2D eigenvalue weighted by molar-refractivity contribution is 1.17. The maximum Gasteiger partial charge on any atom is 0.102 e. The van der Waals surface area contributed by atoms with Gasteiger partial charge >= 0.3 is 0 Å². The highest BCUT2D eigenvalue weighted by Crippen LogP contribution is 2.40. The van der Waals surface area contributed by atoms with Crippen LogP contribution in [-0.2, 0) is 0 Å². The molecule has 0 radical (unpaired) electrons. The molecule has 7 aromatic carbocycles. The van der Waals surface area contributed by atoms with Crippen molar-refractivity contribution < 1.29 is 0 Å². The quantitative estimate of drug-likeness (QED) is 0.193. The molecule has 230 valence electrons. The number of nitrogens with zero attached hydrogens (tertiary/aromatic N) is 5. The fourth-order valence-corrected chi connectivity index (χ4v) is 7.53. The van der Waals surface area contributed by atoms with E-state index in [-0.39, 0.29) is 0 Å². The van der Waals surface area contributed by atoms with Gasteiger partial charge < -0.3 is 9.13 Å². The summed E-state index contributed by atoms with van der Waals surface area (Å²) in [5, 5.41) is 34.4. The summed E-state index contributed by atoms with van der Waals surface area (Å²) >= 11 is 0. The minimum atomic E-state index is 0.511. The Morgan fingerprint density at radius 3 is 1.72 bits per heavy atom. The van der Waals surface area contributed by atoms with Crippen LogP contribution < -0.4 is 0 Å². The Morgan fingerprint density at radius 1 is 0.400 bits per heavy atom. The van der Waals surface area contributed by atoms with Gasteiger partial charge in [-0.2, -0.15) is 15.8 Å². The topological polar surface area (TPSA) is 81.2 Å². The Labute approximate surface area is 287 Å². The van der Waals surface area contributed by atoms with Crippen molar-refractivity contribution in [2.75, 3.05) is 0 Å². The van der Waals surface area contributed by atoms with E-state index >= 15 is 0 Å². The molecule has 50 heavy (non-hydrogen) atoms. The van der Waals surface area contributed by atoms with Crippen molar-refractivity contribution in [3.05, 3.63) is 168 Å². The second-order valence-electron chi connectivity index (χ2n) is 12.3. The Bertz CT molecular complexity index is 2920. The lowest BCUT2D eigenvalue weighted by Gasteiger charge is -2.16. The molecule has 0 aliphatic heterocycles. The smallest absolute Gasteiger partial charge is 0.102 e. The summed E-state index contributed by atoms with van der Waals surface area (Å²) in [5.74, 6) is 0. The van der Waals surface area contributed by atoms with Crippen molar-refractivity contribution in [1.29, 1.82) is 15.8 Å². The molecule has 0 unspecified atom stereocenters. The van der Waals surface area contributed by atoms with Crippen LogP contribution in [0.25, 0.3) is 77.2 Å². The number of nitriles is 3. The minimum absolute atomic E-state index is 0.511. The van der Waals surface area contributed by atoms with Gasteiger partial charge in [0.1, 0.15) is 6.07 Å². The lowest BCUT2D eigenvalue weighted by Crippen LogP contribution is -2.00. The highest BCUT2D eigenvalue weighted by atomic mass is 15.0. The molecule has 0 aliphatic rings. The molecule has 9 aromatic rings. The van der Waals surface area contributed by atoms with Crippen LogP contribution >= 0.6 is 0 Å². The molecule has 0 aliphatic carbocycles. The fourth-order valence-electron chi connectivity index (χ4n) is 7.53. The molecule has 0 bridgehead atoms. The van der Waals surface area contributed by atoms with Crippen LogP contribution in [0.3, 0.4) is 0 Å². The predicted octanol–water partition coefficient (Wildman–Crippen LogP) is 10.8. The van der Waals surface area contributed by atoms with Gasteiger partial charge in [0, 0.05) is 32.7 Å². The number of fused-ring (bicyclic) bond motifs is 6. The van der Waals surface area contributed by atoms with Gasteiger partial charge in [0.25, 0.3) is 0 Å². The third kappa shape index (κ3) is 4.24. The fraction of sp³-hybridized carbons (Fsp3) is 0. The molecule has 0 saturated heterocycles. The zero-order valence-electron chi connectivity index (χ0n) is 26.7. The molecule has 0 amide bonds. The molecule has 2 heterocycles. The Hall–Kier alpha value is -7.39. The average Bonchev–Trinajstić information content (AvgIpc) is 3.70. The summed E-state index contributed by atoms with van der Waals surface area (Å²) in [7, 11) is 0. The zero-order valence-corrected chi connectivity index (χ0v) is 26.7. The summed E-state index contributed by atoms with van der Waals surface area (Å²) < 4.78 is 4.37. The van der Waals surface area contributed by atoms with E-state index in [2.05, 4.69) is 108 Å². The van der Waals surface area contributed by atoms with Gasteiger partial charge in [-0.25, -0.2) is 0 Å². The number of hydrogen-bond donors (Lipinski definition) is 0. The van der Waals surface area contributed by atoms with Crippen molar-refractivity contribution >= 4 is 43.6 Å². The van der Waals surface area contributed by atoms with Gasteiger partial charge in [-0.05, 0) is 71.8 Å². The highest BCUT2D eigenvalue weighted by Gasteiger charge is 2.21. The largest absolute Gasteiger partial charge is 0.309 e. The third-order valence-corrected chi connectivity index (χ3v) is 9.64. The summed E-state index contributed by atoms with van der Waals surface area (Å²) in [5.41, 5.74) is 11.1. The average molecular weight is 636 g/mol. The van der Waals surface area contributed by atoms with E-state index in [0.717, 1.165) is 60.8 Å². The first kappa shape index (κ1) is 28.8. The van der Waals surface area contributed by atoms with Crippen molar-refractivity contribution in [3.63, 3.8) is 0 Å². The summed E-state index contributed by atoms with van der Waals surface area (Å²) in [6.45, 7) is 0. The van der Waals surface area contributed by atoms with Crippen molar-refractivity contribution in [2.24, 2.45) is 0 Å². The van der Waals surface area contributed by atoms with Crippen LogP contribution in [0.1, 0.15) is 16.7 Å². The normalized spacial score (nSPS) is 11.1. The van der Waals surface area contributed by atoms with Gasteiger partial charge in [0.15, 0.2) is 0 Å². The van der Waals surface area contributed by atoms with Gasteiger partial charge in [-0.1, -0.05) is 91.0 Å². The van der Waals surface area contributed by atoms with Gasteiger partial charge in [-0.3, -0.25) is 0 Å². The van der Waals surface area contributed by atoms with E-state index in [1.807, 2.05) is 59.2 Å². The molecule has 0 saturated carbocycles. The number of para-hydroxylation sites is 3.